The number of amides is 1. The summed E-state index contributed by atoms with van der Waals surface area (Å²) >= 11 is 0. The number of carbonyl (C=O) groups is 1. The van der Waals surface area contributed by atoms with Crippen LogP contribution >= 0.6 is 0 Å². The number of nitrogens with zero attached hydrogens (tertiary/aromatic N) is 1. The van der Waals surface area contributed by atoms with Crippen LogP contribution in [0.3, 0.4) is 0 Å². The van der Waals surface area contributed by atoms with E-state index in [1.165, 1.54) is 11.1 Å². The third-order valence-electron chi connectivity index (χ3n) is 5.80. The Morgan fingerprint density at radius 1 is 1.00 bits per heavy atom. The van der Waals surface area contributed by atoms with Crippen molar-refractivity contribution in [2.24, 2.45) is 5.92 Å². The highest BCUT2D eigenvalue weighted by Crippen LogP contribution is 2.48. The van der Waals surface area contributed by atoms with Crippen LogP contribution in [-0.4, -0.2) is 23.4 Å². The Labute approximate surface area is 138 Å². The standard InChI is InChI=1S/C21H23NO/c1-2-16-13-19-14-21(15-22(19)20(16)23,17-9-5-3-6-10-17)18-11-7-4-8-12-18/h3-12,16,19H,2,13-15H2,1H3/t16-,19+/m0/s1. The lowest BCUT2D eigenvalue weighted by Crippen LogP contribution is -2.35. The maximum atomic E-state index is 12.7. The largest absolute Gasteiger partial charge is 0.338 e. The van der Waals surface area contributed by atoms with E-state index in [1.807, 2.05) is 0 Å². The summed E-state index contributed by atoms with van der Waals surface area (Å²) in [6.45, 7) is 2.95. The van der Waals surface area contributed by atoms with Gasteiger partial charge in [-0.05, 0) is 30.4 Å². The molecule has 0 radical (unpaired) electrons. The molecule has 0 saturated carbocycles. The molecule has 118 valence electrons. The maximum Gasteiger partial charge on any atom is 0.226 e. The maximum absolute atomic E-state index is 12.7. The second-order valence-electron chi connectivity index (χ2n) is 6.98. The molecule has 0 aliphatic carbocycles. The molecule has 2 aliphatic heterocycles. The van der Waals surface area contributed by atoms with E-state index in [1.54, 1.807) is 0 Å². The summed E-state index contributed by atoms with van der Waals surface area (Å²) in [4.78, 5) is 14.9. The van der Waals surface area contributed by atoms with Crippen molar-refractivity contribution in [1.29, 1.82) is 0 Å². The predicted molar refractivity (Wildman–Crippen MR) is 92.2 cm³/mol. The average Bonchev–Trinajstić information content (AvgIpc) is 3.13. The Morgan fingerprint density at radius 2 is 1.57 bits per heavy atom. The molecular weight excluding hydrogens is 282 g/mol. The zero-order valence-corrected chi connectivity index (χ0v) is 13.6. The number of benzene rings is 2. The molecule has 2 atom stereocenters. The Morgan fingerprint density at radius 3 is 2.04 bits per heavy atom. The fourth-order valence-electron chi connectivity index (χ4n) is 4.57. The third kappa shape index (κ3) is 2.20. The molecule has 23 heavy (non-hydrogen) atoms. The molecule has 2 aliphatic rings. The van der Waals surface area contributed by atoms with Gasteiger partial charge in [-0.1, -0.05) is 67.6 Å². The van der Waals surface area contributed by atoms with E-state index in [0.29, 0.717) is 11.9 Å². The monoisotopic (exact) mass is 305 g/mol. The van der Waals surface area contributed by atoms with Gasteiger partial charge in [0, 0.05) is 23.9 Å². The number of carbonyl (C=O) groups excluding carboxylic acids is 1. The first kappa shape index (κ1) is 14.5. The minimum atomic E-state index is -0.0540. The van der Waals surface area contributed by atoms with Crippen molar-refractivity contribution in [3.8, 4) is 0 Å². The van der Waals surface area contributed by atoms with Gasteiger partial charge in [0.25, 0.3) is 0 Å². The normalized spacial score (nSPS) is 25.6. The van der Waals surface area contributed by atoms with Crippen molar-refractivity contribution in [3.05, 3.63) is 71.8 Å². The molecule has 2 aromatic rings. The van der Waals surface area contributed by atoms with Crippen LogP contribution in [0.4, 0.5) is 0 Å². The van der Waals surface area contributed by atoms with E-state index in [2.05, 4.69) is 72.5 Å². The van der Waals surface area contributed by atoms with Crippen LogP contribution in [0, 0.1) is 5.92 Å². The summed E-state index contributed by atoms with van der Waals surface area (Å²) in [6, 6.07) is 21.8. The Kier molecular flexibility index (Phi) is 3.48. The lowest BCUT2D eigenvalue weighted by atomic mass is 9.72. The van der Waals surface area contributed by atoms with Crippen molar-refractivity contribution in [2.75, 3.05) is 6.54 Å². The van der Waals surface area contributed by atoms with E-state index < -0.39 is 0 Å². The van der Waals surface area contributed by atoms with Crippen molar-refractivity contribution >= 4 is 5.91 Å². The van der Waals surface area contributed by atoms with Gasteiger partial charge >= 0.3 is 0 Å². The summed E-state index contributed by atoms with van der Waals surface area (Å²) in [6.07, 6.45) is 3.04. The summed E-state index contributed by atoms with van der Waals surface area (Å²) in [5, 5.41) is 0. The molecule has 2 nitrogen and oxygen atoms in total. The number of fused-ring (bicyclic) bond motifs is 1. The summed E-state index contributed by atoms with van der Waals surface area (Å²) < 4.78 is 0. The van der Waals surface area contributed by atoms with Gasteiger partial charge in [-0.15, -0.1) is 0 Å². The lowest BCUT2D eigenvalue weighted by Gasteiger charge is -2.31. The van der Waals surface area contributed by atoms with Gasteiger partial charge in [0.1, 0.15) is 0 Å². The highest BCUT2D eigenvalue weighted by atomic mass is 16.2. The molecule has 2 heteroatoms. The van der Waals surface area contributed by atoms with E-state index in [4.69, 9.17) is 0 Å². The van der Waals surface area contributed by atoms with Gasteiger partial charge in [-0.3, -0.25) is 4.79 Å². The molecular formula is C21H23NO. The van der Waals surface area contributed by atoms with E-state index in [-0.39, 0.29) is 11.3 Å². The van der Waals surface area contributed by atoms with Crippen LogP contribution in [0.15, 0.2) is 60.7 Å². The van der Waals surface area contributed by atoms with E-state index in [0.717, 1.165) is 25.8 Å². The van der Waals surface area contributed by atoms with Gasteiger partial charge in [0.05, 0.1) is 0 Å². The molecule has 0 bridgehead atoms. The molecule has 2 fully saturated rings. The average molecular weight is 305 g/mol. The second-order valence-corrected chi connectivity index (χ2v) is 6.98. The first-order chi connectivity index (χ1) is 11.2. The van der Waals surface area contributed by atoms with Gasteiger partial charge in [-0.2, -0.15) is 0 Å². The molecule has 2 heterocycles. The van der Waals surface area contributed by atoms with Gasteiger partial charge < -0.3 is 4.90 Å². The van der Waals surface area contributed by atoms with E-state index >= 15 is 0 Å². The second kappa shape index (κ2) is 5.52. The zero-order chi connectivity index (χ0) is 15.9. The van der Waals surface area contributed by atoms with Crippen LogP contribution in [0.5, 0.6) is 0 Å². The van der Waals surface area contributed by atoms with Crippen molar-refractivity contribution in [3.63, 3.8) is 0 Å². The minimum absolute atomic E-state index is 0.0540. The van der Waals surface area contributed by atoms with Crippen LogP contribution < -0.4 is 0 Å². The molecule has 2 aromatic carbocycles. The quantitative estimate of drug-likeness (QED) is 0.839. The summed E-state index contributed by atoms with van der Waals surface area (Å²) in [7, 11) is 0. The summed E-state index contributed by atoms with van der Waals surface area (Å²) in [5.41, 5.74) is 2.62. The highest BCUT2D eigenvalue weighted by Gasteiger charge is 2.52. The van der Waals surface area contributed by atoms with Gasteiger partial charge in [-0.25, -0.2) is 0 Å². The van der Waals surface area contributed by atoms with Crippen molar-refractivity contribution < 1.29 is 4.79 Å². The number of rotatable bonds is 3. The van der Waals surface area contributed by atoms with Crippen LogP contribution in [0.2, 0.25) is 0 Å². The fourth-order valence-corrected chi connectivity index (χ4v) is 4.57. The molecule has 1 amide bonds. The molecule has 4 rings (SSSR count). The molecule has 0 N–H and O–H groups in total. The number of hydrogen-bond acceptors (Lipinski definition) is 1. The van der Waals surface area contributed by atoms with E-state index in [9.17, 15) is 4.79 Å². The first-order valence-corrected chi connectivity index (χ1v) is 8.66. The van der Waals surface area contributed by atoms with Crippen LogP contribution in [0.1, 0.15) is 37.3 Å². The van der Waals surface area contributed by atoms with Gasteiger partial charge in [0.2, 0.25) is 5.91 Å². The third-order valence-corrected chi connectivity index (χ3v) is 5.80. The van der Waals surface area contributed by atoms with Crippen molar-refractivity contribution in [1.82, 2.24) is 4.90 Å². The van der Waals surface area contributed by atoms with Gasteiger partial charge in [0.15, 0.2) is 0 Å². The molecule has 0 spiro atoms. The Hall–Kier alpha value is -2.09. The lowest BCUT2D eigenvalue weighted by molar-refractivity contribution is -0.131. The molecule has 0 unspecified atom stereocenters. The fraction of sp³-hybridized carbons (Fsp3) is 0.381. The first-order valence-electron chi connectivity index (χ1n) is 8.66. The Balaban J connectivity index is 1.77. The minimum Gasteiger partial charge on any atom is -0.338 e. The topological polar surface area (TPSA) is 20.3 Å². The highest BCUT2D eigenvalue weighted by molar-refractivity contribution is 5.82. The SMILES string of the molecule is CC[C@H]1C[C@@H]2CC(c3ccccc3)(c3ccccc3)CN2C1=O. The molecule has 2 saturated heterocycles. The smallest absolute Gasteiger partial charge is 0.226 e. The summed E-state index contributed by atoms with van der Waals surface area (Å²) in [5.74, 6) is 0.607. The van der Waals surface area contributed by atoms with Crippen LogP contribution in [-0.2, 0) is 10.2 Å². The number of hydrogen-bond donors (Lipinski definition) is 0. The van der Waals surface area contributed by atoms with Crippen LogP contribution in [0.25, 0.3) is 0 Å². The predicted octanol–water partition coefficient (Wildman–Crippen LogP) is 4.00. The van der Waals surface area contributed by atoms with Crippen molar-refractivity contribution in [2.45, 2.75) is 37.6 Å². The zero-order valence-electron chi connectivity index (χ0n) is 13.6. The Bertz CT molecular complexity index is 655. The molecule has 0 aromatic heterocycles.